The Morgan fingerprint density at radius 2 is 1.77 bits per heavy atom. The summed E-state index contributed by atoms with van der Waals surface area (Å²) in [6, 6.07) is 14.0. The van der Waals surface area contributed by atoms with Crippen LogP contribution in [0.25, 0.3) is 11.6 Å². The van der Waals surface area contributed by atoms with Gasteiger partial charge in [-0.15, -0.1) is 0 Å². The van der Waals surface area contributed by atoms with Crippen molar-refractivity contribution >= 4 is 11.6 Å². The van der Waals surface area contributed by atoms with Crippen molar-refractivity contribution in [1.82, 2.24) is 0 Å². The third-order valence-corrected chi connectivity index (χ3v) is 4.50. The number of benzene rings is 2. The summed E-state index contributed by atoms with van der Waals surface area (Å²) in [4.78, 5) is 0. The van der Waals surface area contributed by atoms with E-state index in [1.165, 1.54) is 47.9 Å². The van der Waals surface area contributed by atoms with E-state index >= 15 is 0 Å². The first-order valence-corrected chi connectivity index (χ1v) is 8.34. The molecule has 1 aliphatic carbocycles. The molecule has 2 aromatic carbocycles. The van der Waals surface area contributed by atoms with Crippen LogP contribution in [0.1, 0.15) is 54.9 Å². The summed E-state index contributed by atoms with van der Waals surface area (Å²) in [7, 11) is 0. The van der Waals surface area contributed by atoms with Gasteiger partial charge in [-0.1, -0.05) is 56.2 Å². The number of hydrogen-bond donors (Lipinski definition) is 0. The molecule has 0 N–H and O–H groups in total. The van der Waals surface area contributed by atoms with Crippen LogP contribution < -0.4 is 0 Å². The van der Waals surface area contributed by atoms with Crippen molar-refractivity contribution in [2.75, 3.05) is 0 Å². The molecule has 0 radical (unpaired) electrons. The Balaban J connectivity index is 1.77. The number of hydrogen-bond acceptors (Lipinski definition) is 0. The summed E-state index contributed by atoms with van der Waals surface area (Å²) in [5.41, 5.74) is 6.29. The molecule has 0 unspecified atom stereocenters. The fourth-order valence-electron chi connectivity index (χ4n) is 3.15. The fourth-order valence-corrected chi connectivity index (χ4v) is 3.15. The Kier molecular flexibility index (Phi) is 4.72. The first-order valence-electron chi connectivity index (χ1n) is 8.34. The Labute approximate surface area is 132 Å². The van der Waals surface area contributed by atoms with E-state index in [2.05, 4.69) is 37.3 Å². The minimum atomic E-state index is -0.150. The van der Waals surface area contributed by atoms with Gasteiger partial charge in [0.2, 0.25) is 0 Å². The number of halogens is 1. The number of rotatable bonds is 5. The van der Waals surface area contributed by atoms with E-state index in [0.29, 0.717) is 0 Å². The van der Waals surface area contributed by atoms with E-state index in [1.807, 2.05) is 6.07 Å². The highest BCUT2D eigenvalue weighted by molar-refractivity contribution is 5.84. The molecular formula is C21H23F. The average Bonchev–Trinajstić information content (AvgIpc) is 2.55. The van der Waals surface area contributed by atoms with Gasteiger partial charge in [-0.25, -0.2) is 4.39 Å². The largest absolute Gasteiger partial charge is 0.207 e. The molecule has 1 aliphatic rings. The van der Waals surface area contributed by atoms with Crippen LogP contribution in [-0.2, 0) is 12.8 Å². The molecule has 0 amide bonds. The fraction of sp³-hybridized carbons (Fsp3) is 0.333. The maximum atomic E-state index is 13.4. The second-order valence-corrected chi connectivity index (χ2v) is 6.17. The molecule has 114 valence electrons. The van der Waals surface area contributed by atoms with E-state index in [1.54, 1.807) is 12.1 Å². The predicted molar refractivity (Wildman–Crippen MR) is 92.3 cm³/mol. The van der Waals surface area contributed by atoms with Crippen molar-refractivity contribution < 1.29 is 4.39 Å². The van der Waals surface area contributed by atoms with E-state index in [0.717, 1.165) is 18.4 Å². The molecule has 0 bridgehead atoms. The zero-order chi connectivity index (χ0) is 15.4. The molecule has 0 saturated heterocycles. The van der Waals surface area contributed by atoms with E-state index in [9.17, 15) is 4.39 Å². The summed E-state index contributed by atoms with van der Waals surface area (Å²) in [6.45, 7) is 2.24. The van der Waals surface area contributed by atoms with Crippen molar-refractivity contribution in [2.24, 2.45) is 0 Å². The Hall–Kier alpha value is -1.89. The van der Waals surface area contributed by atoms with E-state index in [4.69, 9.17) is 0 Å². The van der Waals surface area contributed by atoms with Gasteiger partial charge in [-0.05, 0) is 65.6 Å². The molecule has 0 aliphatic heterocycles. The normalized spacial score (nSPS) is 13.6. The summed E-state index contributed by atoms with van der Waals surface area (Å²) in [6.07, 6.45) is 9.18. The molecule has 0 nitrogen and oxygen atoms in total. The zero-order valence-corrected chi connectivity index (χ0v) is 13.2. The SMILES string of the molecule is CCCCCc1ccc(C2=Cc3cc(F)ccc3CC2)cc1. The molecule has 2 aromatic rings. The van der Waals surface area contributed by atoms with E-state index < -0.39 is 0 Å². The lowest BCUT2D eigenvalue weighted by Crippen LogP contribution is -1.99. The lowest BCUT2D eigenvalue weighted by atomic mass is 9.88. The zero-order valence-electron chi connectivity index (χ0n) is 13.2. The minimum absolute atomic E-state index is 0.150. The monoisotopic (exact) mass is 294 g/mol. The highest BCUT2D eigenvalue weighted by atomic mass is 19.1. The van der Waals surface area contributed by atoms with Crippen LogP contribution in [0.2, 0.25) is 0 Å². The highest BCUT2D eigenvalue weighted by Gasteiger charge is 2.12. The van der Waals surface area contributed by atoms with Gasteiger partial charge >= 0.3 is 0 Å². The molecule has 0 fully saturated rings. The molecule has 0 saturated carbocycles. The minimum Gasteiger partial charge on any atom is -0.207 e. The smallest absolute Gasteiger partial charge is 0.123 e. The van der Waals surface area contributed by atoms with Crippen LogP contribution in [0.4, 0.5) is 4.39 Å². The quantitative estimate of drug-likeness (QED) is 0.589. The van der Waals surface area contributed by atoms with Crippen LogP contribution in [0.3, 0.4) is 0 Å². The topological polar surface area (TPSA) is 0 Å². The van der Waals surface area contributed by atoms with Crippen LogP contribution >= 0.6 is 0 Å². The lowest BCUT2D eigenvalue weighted by molar-refractivity contribution is 0.626. The lowest BCUT2D eigenvalue weighted by Gasteiger charge is -2.17. The molecule has 0 heterocycles. The summed E-state index contributed by atoms with van der Waals surface area (Å²) < 4.78 is 13.4. The second kappa shape index (κ2) is 6.91. The van der Waals surface area contributed by atoms with Gasteiger partial charge in [-0.2, -0.15) is 0 Å². The van der Waals surface area contributed by atoms with Gasteiger partial charge in [0.15, 0.2) is 0 Å². The Morgan fingerprint density at radius 3 is 2.55 bits per heavy atom. The Morgan fingerprint density at radius 1 is 0.955 bits per heavy atom. The molecule has 0 spiro atoms. The predicted octanol–water partition coefficient (Wildman–Crippen LogP) is 6.05. The third-order valence-electron chi connectivity index (χ3n) is 4.50. The molecule has 1 heteroatoms. The van der Waals surface area contributed by atoms with Crippen LogP contribution in [0.15, 0.2) is 42.5 Å². The van der Waals surface area contributed by atoms with E-state index in [-0.39, 0.29) is 5.82 Å². The van der Waals surface area contributed by atoms with Crippen LogP contribution in [0, 0.1) is 5.82 Å². The summed E-state index contributed by atoms with van der Waals surface area (Å²) in [5, 5.41) is 0. The first kappa shape index (κ1) is 15.0. The summed E-state index contributed by atoms with van der Waals surface area (Å²) in [5.74, 6) is -0.150. The maximum absolute atomic E-state index is 13.4. The van der Waals surface area contributed by atoms with Gasteiger partial charge in [0.25, 0.3) is 0 Å². The highest BCUT2D eigenvalue weighted by Crippen LogP contribution is 2.30. The standard InChI is InChI=1S/C21H23F/c1-2-3-4-5-16-6-8-17(9-7-16)19-11-10-18-12-13-21(22)15-20(18)14-19/h6-9,12-15H,2-5,10-11H2,1H3. The van der Waals surface area contributed by atoms with Crippen molar-refractivity contribution in [3.8, 4) is 0 Å². The molecular weight excluding hydrogens is 271 g/mol. The molecule has 22 heavy (non-hydrogen) atoms. The molecule has 0 atom stereocenters. The maximum Gasteiger partial charge on any atom is 0.123 e. The second-order valence-electron chi connectivity index (χ2n) is 6.17. The molecule has 0 aromatic heterocycles. The number of fused-ring (bicyclic) bond motifs is 1. The van der Waals surface area contributed by atoms with Gasteiger partial charge in [0.1, 0.15) is 5.82 Å². The average molecular weight is 294 g/mol. The van der Waals surface area contributed by atoms with Gasteiger partial charge in [0, 0.05) is 0 Å². The van der Waals surface area contributed by atoms with Gasteiger partial charge < -0.3 is 0 Å². The third kappa shape index (κ3) is 3.47. The van der Waals surface area contributed by atoms with Crippen molar-refractivity contribution in [3.05, 3.63) is 70.5 Å². The molecule has 3 rings (SSSR count). The van der Waals surface area contributed by atoms with Gasteiger partial charge in [-0.3, -0.25) is 0 Å². The van der Waals surface area contributed by atoms with Crippen LogP contribution in [-0.4, -0.2) is 0 Å². The van der Waals surface area contributed by atoms with Crippen molar-refractivity contribution in [1.29, 1.82) is 0 Å². The van der Waals surface area contributed by atoms with Crippen molar-refractivity contribution in [3.63, 3.8) is 0 Å². The number of unbranched alkanes of at least 4 members (excludes halogenated alkanes) is 2. The number of aryl methyl sites for hydroxylation is 2. The van der Waals surface area contributed by atoms with Gasteiger partial charge in [0.05, 0.1) is 0 Å². The van der Waals surface area contributed by atoms with Crippen molar-refractivity contribution in [2.45, 2.75) is 45.4 Å². The Bertz CT molecular complexity index is 665. The van der Waals surface area contributed by atoms with Crippen LogP contribution in [0.5, 0.6) is 0 Å². The summed E-state index contributed by atoms with van der Waals surface area (Å²) >= 11 is 0. The number of allylic oxidation sites excluding steroid dienone is 1. The first-order chi connectivity index (χ1) is 10.8.